The van der Waals surface area contributed by atoms with Crippen LogP contribution in [0.4, 0.5) is 0 Å². The van der Waals surface area contributed by atoms with Gasteiger partial charge in [-0.3, -0.25) is 0 Å². The van der Waals surface area contributed by atoms with Gasteiger partial charge in [-0.1, -0.05) is 0 Å². The van der Waals surface area contributed by atoms with E-state index in [1.807, 2.05) is 12.1 Å². The van der Waals surface area contributed by atoms with Crippen LogP contribution in [0.25, 0.3) is 0 Å². The van der Waals surface area contributed by atoms with Crippen molar-refractivity contribution in [2.45, 2.75) is 12.0 Å². The van der Waals surface area contributed by atoms with Gasteiger partial charge >= 0.3 is 0 Å². The molecule has 2 aliphatic heterocycles. The fourth-order valence-electron chi connectivity index (χ4n) is 2.61. The average Bonchev–Trinajstić information content (AvgIpc) is 2.39. The maximum absolute atomic E-state index is 5.72. The fourth-order valence-corrected chi connectivity index (χ4v) is 2.61. The van der Waals surface area contributed by atoms with Crippen LogP contribution in [-0.2, 0) is 10.3 Å². The van der Waals surface area contributed by atoms with Crippen LogP contribution < -0.4 is 14.8 Å². The van der Waals surface area contributed by atoms with Gasteiger partial charge in [0.25, 0.3) is 0 Å². The third-order valence-electron chi connectivity index (χ3n) is 3.55. The van der Waals surface area contributed by atoms with Gasteiger partial charge in [0.15, 0.2) is 0 Å². The van der Waals surface area contributed by atoms with E-state index in [1.54, 1.807) is 7.11 Å². The first-order valence-electron chi connectivity index (χ1n) is 5.98. The van der Waals surface area contributed by atoms with Crippen LogP contribution in [0, 0.1) is 0 Å². The molecule has 1 fully saturated rings. The Morgan fingerprint density at radius 1 is 1.35 bits per heavy atom. The summed E-state index contributed by atoms with van der Waals surface area (Å²) in [5, 5.41) is 3.58. The number of rotatable bonds is 1. The molecule has 92 valence electrons. The number of benzene rings is 1. The number of hydrogen-bond acceptors (Lipinski definition) is 4. The second-order valence-corrected chi connectivity index (χ2v) is 4.52. The summed E-state index contributed by atoms with van der Waals surface area (Å²) in [6.45, 7) is 3.12. The van der Waals surface area contributed by atoms with Gasteiger partial charge in [-0.2, -0.15) is 0 Å². The number of fused-ring (bicyclic) bond motifs is 2. The summed E-state index contributed by atoms with van der Waals surface area (Å²) in [5.74, 6) is 1.74. The second kappa shape index (κ2) is 4.20. The molecule has 2 aliphatic rings. The molecule has 0 aromatic heterocycles. The quantitative estimate of drug-likeness (QED) is 0.796. The van der Waals surface area contributed by atoms with Gasteiger partial charge in [0, 0.05) is 24.6 Å². The molecule has 1 aromatic rings. The minimum atomic E-state index is -0.0713. The standard InChI is InChI=1S/C13H17NO3/c1-15-10-2-3-11-12(8-10)17-6-4-13(11)9-16-7-5-14-13/h2-3,8,14H,4-7,9H2,1H3/t13-/m0/s1. The van der Waals surface area contributed by atoms with E-state index < -0.39 is 0 Å². The highest BCUT2D eigenvalue weighted by molar-refractivity contribution is 5.46. The number of nitrogens with one attached hydrogen (secondary N) is 1. The number of morpholine rings is 1. The van der Waals surface area contributed by atoms with Gasteiger partial charge in [0.05, 0.1) is 32.5 Å². The van der Waals surface area contributed by atoms with E-state index >= 15 is 0 Å². The lowest BCUT2D eigenvalue weighted by atomic mass is 9.84. The van der Waals surface area contributed by atoms with Crippen LogP contribution in [0.15, 0.2) is 18.2 Å². The largest absolute Gasteiger partial charge is 0.497 e. The maximum Gasteiger partial charge on any atom is 0.128 e. The molecule has 1 N–H and O–H groups in total. The van der Waals surface area contributed by atoms with E-state index in [9.17, 15) is 0 Å². The normalized spacial score (nSPS) is 27.4. The lowest BCUT2D eigenvalue weighted by molar-refractivity contribution is 0.00558. The summed E-state index contributed by atoms with van der Waals surface area (Å²) < 4.78 is 16.6. The molecule has 17 heavy (non-hydrogen) atoms. The topological polar surface area (TPSA) is 39.7 Å². The zero-order chi connectivity index (χ0) is 11.7. The molecule has 1 atom stereocenters. The van der Waals surface area contributed by atoms with Crippen molar-refractivity contribution in [3.05, 3.63) is 23.8 Å². The Labute approximate surface area is 101 Å². The van der Waals surface area contributed by atoms with Crippen molar-refractivity contribution in [2.24, 2.45) is 0 Å². The Kier molecular flexibility index (Phi) is 2.68. The van der Waals surface area contributed by atoms with Gasteiger partial charge in [0.2, 0.25) is 0 Å². The van der Waals surface area contributed by atoms with Crippen LogP contribution >= 0.6 is 0 Å². The first-order chi connectivity index (χ1) is 8.34. The fraction of sp³-hybridized carbons (Fsp3) is 0.538. The molecule has 4 nitrogen and oxygen atoms in total. The molecule has 0 unspecified atom stereocenters. The molecule has 0 amide bonds. The van der Waals surface area contributed by atoms with Crippen molar-refractivity contribution in [1.29, 1.82) is 0 Å². The van der Waals surface area contributed by atoms with E-state index in [0.717, 1.165) is 44.3 Å². The molecule has 0 bridgehead atoms. The number of methoxy groups -OCH3 is 1. The highest BCUT2D eigenvalue weighted by Gasteiger charge is 2.39. The van der Waals surface area contributed by atoms with Crippen molar-refractivity contribution in [2.75, 3.05) is 33.5 Å². The molecule has 1 spiro atoms. The average molecular weight is 235 g/mol. The summed E-state index contributed by atoms with van der Waals surface area (Å²) >= 11 is 0. The molecule has 3 rings (SSSR count). The van der Waals surface area contributed by atoms with Crippen LogP contribution in [0.1, 0.15) is 12.0 Å². The lowest BCUT2D eigenvalue weighted by Gasteiger charge is -2.42. The van der Waals surface area contributed by atoms with Gasteiger partial charge in [0.1, 0.15) is 11.5 Å². The van der Waals surface area contributed by atoms with Crippen LogP contribution in [0.3, 0.4) is 0 Å². The Bertz CT molecular complexity index is 413. The predicted octanol–water partition coefficient (Wildman–Crippen LogP) is 1.29. The Hall–Kier alpha value is -1.26. The summed E-state index contributed by atoms with van der Waals surface area (Å²) in [5.41, 5.74) is 1.11. The predicted molar refractivity (Wildman–Crippen MR) is 63.6 cm³/mol. The van der Waals surface area contributed by atoms with Crippen LogP contribution in [0.2, 0.25) is 0 Å². The van der Waals surface area contributed by atoms with Gasteiger partial charge in [-0.25, -0.2) is 0 Å². The molecule has 4 heteroatoms. The van der Waals surface area contributed by atoms with E-state index in [0.29, 0.717) is 0 Å². The van der Waals surface area contributed by atoms with Gasteiger partial charge in [-0.15, -0.1) is 0 Å². The third kappa shape index (κ3) is 1.77. The van der Waals surface area contributed by atoms with Crippen LogP contribution in [0.5, 0.6) is 11.5 Å². The molecule has 0 aliphatic carbocycles. The smallest absolute Gasteiger partial charge is 0.128 e. The SMILES string of the molecule is COc1ccc2c(c1)OCC[C@]21COCCN1. The summed E-state index contributed by atoms with van der Waals surface area (Å²) in [6, 6.07) is 6.01. The maximum atomic E-state index is 5.72. The minimum absolute atomic E-state index is 0.0713. The summed E-state index contributed by atoms with van der Waals surface area (Å²) in [6.07, 6.45) is 0.951. The molecular formula is C13H17NO3. The number of ether oxygens (including phenoxy) is 3. The van der Waals surface area contributed by atoms with Crippen molar-refractivity contribution >= 4 is 0 Å². The Balaban J connectivity index is 2.01. The van der Waals surface area contributed by atoms with Crippen LogP contribution in [-0.4, -0.2) is 33.5 Å². The Morgan fingerprint density at radius 3 is 3.06 bits per heavy atom. The van der Waals surface area contributed by atoms with Crippen molar-refractivity contribution < 1.29 is 14.2 Å². The molecule has 0 radical (unpaired) electrons. The third-order valence-corrected chi connectivity index (χ3v) is 3.55. The highest BCUT2D eigenvalue weighted by Crippen LogP contribution is 2.39. The second-order valence-electron chi connectivity index (χ2n) is 4.52. The van der Waals surface area contributed by atoms with E-state index in [1.165, 1.54) is 5.56 Å². The molecule has 1 saturated heterocycles. The number of hydrogen-bond donors (Lipinski definition) is 1. The van der Waals surface area contributed by atoms with Crippen molar-refractivity contribution in [1.82, 2.24) is 5.32 Å². The lowest BCUT2D eigenvalue weighted by Crippen LogP contribution is -2.53. The molecule has 0 saturated carbocycles. The van der Waals surface area contributed by atoms with E-state index in [-0.39, 0.29) is 5.54 Å². The highest BCUT2D eigenvalue weighted by atomic mass is 16.5. The van der Waals surface area contributed by atoms with Crippen molar-refractivity contribution in [3.63, 3.8) is 0 Å². The monoisotopic (exact) mass is 235 g/mol. The van der Waals surface area contributed by atoms with Gasteiger partial charge in [-0.05, 0) is 12.1 Å². The first-order valence-corrected chi connectivity index (χ1v) is 5.98. The summed E-state index contributed by atoms with van der Waals surface area (Å²) in [4.78, 5) is 0. The Morgan fingerprint density at radius 2 is 2.29 bits per heavy atom. The molecule has 2 heterocycles. The van der Waals surface area contributed by atoms with E-state index in [4.69, 9.17) is 14.2 Å². The van der Waals surface area contributed by atoms with E-state index in [2.05, 4.69) is 11.4 Å². The van der Waals surface area contributed by atoms with Gasteiger partial charge < -0.3 is 19.5 Å². The van der Waals surface area contributed by atoms with Crippen molar-refractivity contribution in [3.8, 4) is 11.5 Å². The zero-order valence-corrected chi connectivity index (χ0v) is 9.99. The zero-order valence-electron chi connectivity index (χ0n) is 9.99. The molecular weight excluding hydrogens is 218 g/mol. The minimum Gasteiger partial charge on any atom is -0.497 e. The summed E-state index contributed by atoms with van der Waals surface area (Å²) in [7, 11) is 1.67. The molecule has 1 aromatic carbocycles. The first kappa shape index (κ1) is 10.9.